The minimum atomic E-state index is -0.374. The number of hydrogen-bond donors (Lipinski definition) is 2. The van der Waals surface area contributed by atoms with Crippen molar-refractivity contribution in [1.82, 2.24) is 5.32 Å². The van der Waals surface area contributed by atoms with E-state index in [0.29, 0.717) is 17.8 Å². The van der Waals surface area contributed by atoms with Crippen molar-refractivity contribution in [2.75, 3.05) is 5.32 Å². The number of halogens is 1. The van der Waals surface area contributed by atoms with Crippen LogP contribution in [0.3, 0.4) is 0 Å². The molecule has 100 valence electrons. The fourth-order valence-electron chi connectivity index (χ4n) is 1.59. The maximum absolute atomic E-state index is 12.7. The van der Waals surface area contributed by atoms with Gasteiger partial charge in [-0.1, -0.05) is 12.1 Å². The van der Waals surface area contributed by atoms with Gasteiger partial charge in [-0.05, 0) is 42.0 Å². The van der Waals surface area contributed by atoms with Crippen molar-refractivity contribution in [2.24, 2.45) is 0 Å². The maximum atomic E-state index is 12.7. The molecule has 2 aromatic carbocycles. The number of anilines is 1. The average Bonchev–Trinajstić information content (AvgIpc) is 2.48. The van der Waals surface area contributed by atoms with Crippen LogP contribution in [0.1, 0.15) is 11.1 Å². The highest BCUT2D eigenvalue weighted by molar-refractivity contribution is 5.89. The van der Waals surface area contributed by atoms with E-state index in [-0.39, 0.29) is 11.8 Å². The number of benzene rings is 2. The average molecular weight is 269 g/mol. The van der Waals surface area contributed by atoms with E-state index in [1.54, 1.807) is 24.3 Å². The first-order valence-corrected chi connectivity index (χ1v) is 5.97. The van der Waals surface area contributed by atoms with Crippen molar-refractivity contribution < 1.29 is 9.18 Å². The van der Waals surface area contributed by atoms with E-state index in [4.69, 9.17) is 5.26 Å². The number of nitrogens with one attached hydrogen (secondary N) is 2. The molecule has 5 heteroatoms. The predicted octanol–water partition coefficient (Wildman–Crippen LogP) is 3.02. The molecule has 0 saturated carbocycles. The van der Waals surface area contributed by atoms with Gasteiger partial charge in [-0.25, -0.2) is 9.18 Å². The summed E-state index contributed by atoms with van der Waals surface area (Å²) < 4.78 is 12.7. The van der Waals surface area contributed by atoms with Crippen LogP contribution in [0.5, 0.6) is 0 Å². The highest BCUT2D eigenvalue weighted by atomic mass is 19.1. The van der Waals surface area contributed by atoms with Gasteiger partial charge in [0, 0.05) is 12.2 Å². The number of urea groups is 1. The fraction of sp³-hybridized carbons (Fsp3) is 0.0667. The fourth-order valence-corrected chi connectivity index (χ4v) is 1.59. The quantitative estimate of drug-likeness (QED) is 0.899. The van der Waals surface area contributed by atoms with E-state index in [2.05, 4.69) is 10.6 Å². The standard InChI is InChI=1S/C15H12FN3O/c16-13-5-7-14(8-6-13)19-15(20)18-10-12-3-1-11(9-17)2-4-12/h1-8H,10H2,(H2,18,19,20). The normalized spacial score (nSPS) is 9.60. The summed E-state index contributed by atoms with van der Waals surface area (Å²) in [5.41, 5.74) is 1.98. The topological polar surface area (TPSA) is 64.9 Å². The molecule has 2 rings (SSSR count). The molecule has 0 unspecified atom stereocenters. The first kappa shape index (κ1) is 13.6. The van der Waals surface area contributed by atoms with Crippen LogP contribution in [0.25, 0.3) is 0 Å². The van der Waals surface area contributed by atoms with Gasteiger partial charge in [-0.2, -0.15) is 5.26 Å². The van der Waals surface area contributed by atoms with Gasteiger partial charge in [-0.3, -0.25) is 0 Å². The van der Waals surface area contributed by atoms with Gasteiger partial charge in [0.05, 0.1) is 11.6 Å². The monoisotopic (exact) mass is 269 g/mol. The van der Waals surface area contributed by atoms with Crippen LogP contribution in [0.2, 0.25) is 0 Å². The zero-order valence-corrected chi connectivity index (χ0v) is 10.6. The van der Waals surface area contributed by atoms with Crippen molar-refractivity contribution >= 4 is 11.7 Å². The Hall–Kier alpha value is -2.87. The van der Waals surface area contributed by atoms with Crippen LogP contribution in [0.15, 0.2) is 48.5 Å². The molecule has 2 aromatic rings. The Kier molecular flexibility index (Phi) is 4.30. The number of nitrogens with zero attached hydrogens (tertiary/aromatic N) is 1. The molecular weight excluding hydrogens is 257 g/mol. The van der Waals surface area contributed by atoms with Crippen LogP contribution >= 0.6 is 0 Å². The predicted molar refractivity (Wildman–Crippen MR) is 73.4 cm³/mol. The van der Waals surface area contributed by atoms with Crippen molar-refractivity contribution in [3.63, 3.8) is 0 Å². The summed E-state index contributed by atoms with van der Waals surface area (Å²) in [6.07, 6.45) is 0. The molecule has 0 spiro atoms. The van der Waals surface area contributed by atoms with E-state index in [1.165, 1.54) is 24.3 Å². The lowest BCUT2D eigenvalue weighted by Gasteiger charge is -2.07. The SMILES string of the molecule is N#Cc1ccc(CNC(=O)Nc2ccc(F)cc2)cc1. The number of amides is 2. The Morgan fingerprint density at radius 1 is 1.10 bits per heavy atom. The molecule has 0 aliphatic heterocycles. The lowest BCUT2D eigenvalue weighted by molar-refractivity contribution is 0.251. The molecule has 0 saturated heterocycles. The van der Waals surface area contributed by atoms with Gasteiger partial charge in [0.2, 0.25) is 0 Å². The number of rotatable bonds is 3. The Bertz CT molecular complexity index is 630. The van der Waals surface area contributed by atoms with E-state index < -0.39 is 0 Å². The smallest absolute Gasteiger partial charge is 0.319 e. The van der Waals surface area contributed by atoms with Crippen molar-refractivity contribution in [3.8, 4) is 6.07 Å². The number of nitriles is 1. The Balaban J connectivity index is 1.85. The second-order valence-electron chi connectivity index (χ2n) is 4.12. The zero-order chi connectivity index (χ0) is 14.4. The van der Waals surface area contributed by atoms with Gasteiger partial charge in [-0.15, -0.1) is 0 Å². The molecular formula is C15H12FN3O. The molecule has 0 aromatic heterocycles. The van der Waals surface area contributed by atoms with Crippen LogP contribution in [0, 0.1) is 17.1 Å². The van der Waals surface area contributed by atoms with Crippen molar-refractivity contribution in [2.45, 2.75) is 6.54 Å². The van der Waals surface area contributed by atoms with E-state index >= 15 is 0 Å². The first-order valence-electron chi connectivity index (χ1n) is 5.97. The Morgan fingerprint density at radius 3 is 2.35 bits per heavy atom. The van der Waals surface area contributed by atoms with Crippen LogP contribution in [-0.2, 0) is 6.54 Å². The summed E-state index contributed by atoms with van der Waals surface area (Å²) in [7, 11) is 0. The molecule has 0 heterocycles. The highest BCUT2D eigenvalue weighted by Gasteiger charge is 2.02. The van der Waals surface area contributed by atoms with Crippen molar-refractivity contribution in [3.05, 3.63) is 65.5 Å². The molecule has 4 nitrogen and oxygen atoms in total. The molecule has 0 fully saturated rings. The molecule has 0 atom stereocenters. The van der Waals surface area contributed by atoms with Gasteiger partial charge in [0.15, 0.2) is 0 Å². The summed E-state index contributed by atoms with van der Waals surface area (Å²) in [5, 5.41) is 13.9. The van der Waals surface area contributed by atoms with Crippen LogP contribution in [0.4, 0.5) is 14.9 Å². The molecule has 0 radical (unpaired) electrons. The summed E-state index contributed by atoms with van der Waals surface area (Å²) >= 11 is 0. The summed E-state index contributed by atoms with van der Waals surface area (Å²) in [5.74, 6) is -0.353. The third-order valence-electron chi connectivity index (χ3n) is 2.64. The minimum Gasteiger partial charge on any atom is -0.334 e. The molecule has 20 heavy (non-hydrogen) atoms. The second kappa shape index (κ2) is 6.34. The van der Waals surface area contributed by atoms with Gasteiger partial charge in [0.25, 0.3) is 0 Å². The summed E-state index contributed by atoms with van der Waals surface area (Å²) in [6, 6.07) is 14.1. The Morgan fingerprint density at radius 2 is 1.75 bits per heavy atom. The second-order valence-corrected chi connectivity index (χ2v) is 4.12. The first-order chi connectivity index (χ1) is 9.67. The number of carbonyl (C=O) groups excluding carboxylic acids is 1. The third kappa shape index (κ3) is 3.82. The minimum absolute atomic E-state index is 0.346. The van der Waals surface area contributed by atoms with E-state index in [1.807, 2.05) is 6.07 Å². The number of hydrogen-bond acceptors (Lipinski definition) is 2. The molecule has 2 amide bonds. The number of carbonyl (C=O) groups is 1. The summed E-state index contributed by atoms with van der Waals surface area (Å²) in [4.78, 5) is 11.6. The zero-order valence-electron chi connectivity index (χ0n) is 10.6. The Labute approximate surface area is 115 Å². The van der Waals surface area contributed by atoms with Crippen molar-refractivity contribution in [1.29, 1.82) is 5.26 Å². The molecule has 2 N–H and O–H groups in total. The highest BCUT2D eigenvalue weighted by Crippen LogP contribution is 2.08. The van der Waals surface area contributed by atoms with Gasteiger partial charge in [0.1, 0.15) is 5.82 Å². The molecule has 0 aliphatic carbocycles. The lowest BCUT2D eigenvalue weighted by atomic mass is 10.1. The largest absolute Gasteiger partial charge is 0.334 e. The summed E-state index contributed by atoms with van der Waals surface area (Å²) in [6.45, 7) is 0.346. The molecule has 0 aliphatic rings. The van der Waals surface area contributed by atoms with Gasteiger partial charge >= 0.3 is 6.03 Å². The third-order valence-corrected chi connectivity index (χ3v) is 2.64. The van der Waals surface area contributed by atoms with Crippen LogP contribution < -0.4 is 10.6 Å². The molecule has 0 bridgehead atoms. The van der Waals surface area contributed by atoms with Gasteiger partial charge < -0.3 is 10.6 Å². The van der Waals surface area contributed by atoms with E-state index in [9.17, 15) is 9.18 Å². The lowest BCUT2D eigenvalue weighted by Crippen LogP contribution is -2.28. The maximum Gasteiger partial charge on any atom is 0.319 e. The van der Waals surface area contributed by atoms with Crippen LogP contribution in [-0.4, -0.2) is 6.03 Å². The van der Waals surface area contributed by atoms with E-state index in [0.717, 1.165) is 5.56 Å².